The van der Waals surface area contributed by atoms with E-state index in [1.807, 2.05) is 0 Å². The lowest BCUT2D eigenvalue weighted by Crippen LogP contribution is -1.98. The maximum atomic E-state index is 3.91. The van der Waals surface area contributed by atoms with Crippen LogP contribution in [0, 0.1) is 37.5 Å². The van der Waals surface area contributed by atoms with E-state index >= 15 is 0 Å². The molecule has 0 saturated carbocycles. The van der Waals surface area contributed by atoms with Crippen LogP contribution in [0.15, 0.2) is 0 Å². The lowest BCUT2D eigenvalue weighted by Gasteiger charge is -2.12. The molecule has 0 aromatic heterocycles. The smallest absolute Gasteiger partial charge is 0.0114 e. The van der Waals surface area contributed by atoms with Crippen LogP contribution >= 0.6 is 0 Å². The number of hydrogen-bond acceptors (Lipinski definition) is 0. The van der Waals surface area contributed by atoms with E-state index in [0.717, 1.165) is 37.5 Å². The minimum absolute atomic E-state index is 0.766. The monoisotopic (exact) mass is 304 g/mol. The van der Waals surface area contributed by atoms with Gasteiger partial charge in [0.1, 0.15) is 0 Å². The summed E-state index contributed by atoms with van der Waals surface area (Å²) in [6.45, 7) is 12.5. The largest absolute Gasteiger partial charge is 0.103 e. The summed E-state index contributed by atoms with van der Waals surface area (Å²) in [5.41, 5.74) is 0. The molecule has 0 spiro atoms. The van der Waals surface area contributed by atoms with Crippen molar-refractivity contribution < 1.29 is 0 Å². The first-order valence-electron chi connectivity index (χ1n) is 9.78. The second-order valence-electron chi connectivity index (χ2n) is 6.88. The molecular formula is C22H40. The second-order valence-corrected chi connectivity index (χ2v) is 6.88. The minimum atomic E-state index is 0.766. The second kappa shape index (κ2) is 16.9. The van der Waals surface area contributed by atoms with E-state index in [2.05, 4.69) is 39.5 Å². The summed E-state index contributed by atoms with van der Waals surface area (Å²) in [6.07, 6.45) is 17.7. The van der Waals surface area contributed by atoms with Crippen LogP contribution in [0.5, 0.6) is 0 Å². The van der Waals surface area contributed by atoms with Crippen LogP contribution in [-0.4, -0.2) is 0 Å². The van der Waals surface area contributed by atoms with Crippen molar-refractivity contribution in [2.45, 2.75) is 104 Å². The third-order valence-corrected chi connectivity index (χ3v) is 4.64. The highest BCUT2D eigenvalue weighted by atomic mass is 14.1. The summed E-state index contributed by atoms with van der Waals surface area (Å²) >= 11 is 0. The highest BCUT2D eigenvalue weighted by Crippen LogP contribution is 2.19. The third-order valence-electron chi connectivity index (χ3n) is 4.64. The lowest BCUT2D eigenvalue weighted by molar-refractivity contribution is 0.420. The molecule has 0 fully saturated rings. The van der Waals surface area contributed by atoms with E-state index in [1.165, 1.54) is 64.2 Å². The van der Waals surface area contributed by atoms with Crippen molar-refractivity contribution >= 4 is 0 Å². The van der Waals surface area contributed by atoms with Crippen LogP contribution in [-0.2, 0) is 0 Å². The molecule has 0 aromatic carbocycles. The van der Waals surface area contributed by atoms with Crippen molar-refractivity contribution in [3.05, 3.63) is 13.8 Å². The molecule has 0 aliphatic heterocycles. The van der Waals surface area contributed by atoms with E-state index in [0.29, 0.717) is 0 Å². The zero-order valence-corrected chi connectivity index (χ0v) is 15.5. The van der Waals surface area contributed by atoms with Gasteiger partial charge in [-0.15, -0.1) is 11.8 Å². The molecule has 0 amide bonds. The highest BCUT2D eigenvalue weighted by molar-refractivity contribution is 4.99. The van der Waals surface area contributed by atoms with E-state index in [9.17, 15) is 0 Å². The van der Waals surface area contributed by atoms with Crippen molar-refractivity contribution in [1.29, 1.82) is 0 Å². The fraction of sp³-hybridized carbons (Fsp3) is 0.818. The quantitative estimate of drug-likeness (QED) is 0.232. The molecule has 0 rings (SSSR count). The first-order chi connectivity index (χ1) is 10.7. The first kappa shape index (κ1) is 21.6. The molecule has 0 aliphatic carbocycles. The van der Waals surface area contributed by atoms with Crippen LogP contribution in [0.3, 0.4) is 0 Å². The van der Waals surface area contributed by atoms with Crippen molar-refractivity contribution in [3.63, 3.8) is 0 Å². The molecule has 2 atom stereocenters. The van der Waals surface area contributed by atoms with Gasteiger partial charge in [-0.1, -0.05) is 91.9 Å². The molecule has 0 aliphatic rings. The fourth-order valence-corrected chi connectivity index (χ4v) is 2.90. The van der Waals surface area contributed by atoms with E-state index in [4.69, 9.17) is 0 Å². The molecule has 0 saturated heterocycles. The van der Waals surface area contributed by atoms with Gasteiger partial charge in [-0.3, -0.25) is 0 Å². The van der Waals surface area contributed by atoms with Gasteiger partial charge >= 0.3 is 0 Å². The Hall–Kier alpha value is -0.440. The molecule has 0 heterocycles. The standard InChI is InChI=1S/C22H40/c1-5-8-10-13-17-21(4)18-14-12-16-20-22(7-3)19-15-11-9-6-2/h21-22H,1-2,5-11,13,15-20H2,3-4H3. The predicted molar refractivity (Wildman–Crippen MR) is 101 cm³/mol. The maximum absolute atomic E-state index is 3.91. The summed E-state index contributed by atoms with van der Waals surface area (Å²) in [4.78, 5) is 0. The van der Waals surface area contributed by atoms with Gasteiger partial charge in [0.05, 0.1) is 0 Å². The van der Waals surface area contributed by atoms with Gasteiger partial charge in [-0.25, -0.2) is 0 Å². The number of unbranched alkanes of at least 4 members (excludes halogenated alkanes) is 6. The van der Waals surface area contributed by atoms with Crippen LogP contribution in [0.2, 0.25) is 0 Å². The molecule has 0 nitrogen and oxygen atoms in total. The first-order valence-corrected chi connectivity index (χ1v) is 9.78. The summed E-state index contributed by atoms with van der Waals surface area (Å²) < 4.78 is 0. The van der Waals surface area contributed by atoms with Crippen molar-refractivity contribution in [2.24, 2.45) is 11.8 Å². The third kappa shape index (κ3) is 14.5. The summed E-state index contributed by atoms with van der Waals surface area (Å²) in [6, 6.07) is 0. The molecule has 128 valence electrons. The molecule has 0 bridgehead atoms. The minimum Gasteiger partial charge on any atom is -0.103 e. The molecule has 22 heavy (non-hydrogen) atoms. The Morgan fingerprint density at radius 2 is 1.41 bits per heavy atom. The maximum Gasteiger partial charge on any atom is 0.0114 e. The summed E-state index contributed by atoms with van der Waals surface area (Å²) in [7, 11) is 0. The van der Waals surface area contributed by atoms with Gasteiger partial charge in [0.15, 0.2) is 0 Å². The highest BCUT2D eigenvalue weighted by Gasteiger charge is 2.04. The fourth-order valence-electron chi connectivity index (χ4n) is 2.90. The van der Waals surface area contributed by atoms with Crippen LogP contribution < -0.4 is 0 Å². The Labute approximate surface area is 141 Å². The van der Waals surface area contributed by atoms with Gasteiger partial charge in [-0.05, 0) is 24.7 Å². The molecule has 0 aromatic rings. The molecule has 2 unspecified atom stereocenters. The van der Waals surface area contributed by atoms with Gasteiger partial charge in [0, 0.05) is 12.8 Å². The van der Waals surface area contributed by atoms with Crippen LogP contribution in [0.1, 0.15) is 104 Å². The van der Waals surface area contributed by atoms with Gasteiger partial charge < -0.3 is 0 Å². The summed E-state index contributed by atoms with van der Waals surface area (Å²) in [5, 5.41) is 0. The topological polar surface area (TPSA) is 0 Å². The van der Waals surface area contributed by atoms with Crippen molar-refractivity contribution in [3.8, 4) is 11.8 Å². The van der Waals surface area contributed by atoms with Crippen molar-refractivity contribution in [1.82, 2.24) is 0 Å². The SMILES string of the molecule is [CH2]CCCCCC(C)CC#CCCC(CC)CCCCC[CH2]. The van der Waals surface area contributed by atoms with Crippen LogP contribution in [0.25, 0.3) is 0 Å². The average molecular weight is 305 g/mol. The van der Waals surface area contributed by atoms with Gasteiger partial charge in [0.2, 0.25) is 0 Å². The predicted octanol–water partition coefficient (Wildman–Crippen LogP) is 7.39. The van der Waals surface area contributed by atoms with E-state index in [-0.39, 0.29) is 0 Å². The lowest BCUT2D eigenvalue weighted by atomic mass is 9.93. The Bertz CT molecular complexity index is 267. The van der Waals surface area contributed by atoms with Crippen LogP contribution in [0.4, 0.5) is 0 Å². The van der Waals surface area contributed by atoms with E-state index in [1.54, 1.807) is 0 Å². The molecule has 2 radical (unpaired) electrons. The van der Waals surface area contributed by atoms with Gasteiger partial charge in [0.25, 0.3) is 0 Å². The zero-order chi connectivity index (χ0) is 16.5. The van der Waals surface area contributed by atoms with E-state index < -0.39 is 0 Å². The Morgan fingerprint density at radius 3 is 2.00 bits per heavy atom. The zero-order valence-electron chi connectivity index (χ0n) is 15.5. The van der Waals surface area contributed by atoms with Crippen molar-refractivity contribution in [2.75, 3.05) is 0 Å². The Kier molecular flexibility index (Phi) is 16.6. The molecular weight excluding hydrogens is 264 g/mol. The summed E-state index contributed by atoms with van der Waals surface area (Å²) in [5.74, 6) is 8.48. The Balaban J connectivity index is 3.62. The number of rotatable bonds is 14. The number of hydrogen-bond donors (Lipinski definition) is 0. The molecule has 0 heteroatoms. The molecule has 0 N–H and O–H groups in total. The Morgan fingerprint density at radius 1 is 0.773 bits per heavy atom. The van der Waals surface area contributed by atoms with Gasteiger partial charge in [-0.2, -0.15) is 0 Å². The normalized spacial score (nSPS) is 13.5. The average Bonchev–Trinajstić information content (AvgIpc) is 2.53.